The Bertz CT molecular complexity index is 469. The van der Waals surface area contributed by atoms with Gasteiger partial charge in [0.1, 0.15) is 5.60 Å². The van der Waals surface area contributed by atoms with E-state index in [-0.39, 0.29) is 11.8 Å². The fourth-order valence-electron chi connectivity index (χ4n) is 1.59. The molecule has 0 atom stereocenters. The number of hydrogen-bond acceptors (Lipinski definition) is 3. The quantitative estimate of drug-likeness (QED) is 0.851. The molecular weight excluding hydrogens is 261 g/mol. The molecule has 0 N–H and O–H groups in total. The molecule has 112 valence electrons. The highest BCUT2D eigenvalue weighted by Gasteiger charge is 2.19. The second-order valence-corrected chi connectivity index (χ2v) is 5.62. The second-order valence-electron chi connectivity index (χ2n) is 5.62. The molecule has 1 aromatic rings. The van der Waals surface area contributed by atoms with Crippen molar-refractivity contribution in [2.75, 3.05) is 20.7 Å². The van der Waals surface area contributed by atoms with Gasteiger partial charge < -0.3 is 14.4 Å². The average molecular weight is 283 g/mol. The minimum Gasteiger partial charge on any atom is -0.494 e. The van der Waals surface area contributed by atoms with Crippen LogP contribution in [0.25, 0.3) is 0 Å². The number of methoxy groups -OCH3 is 1. The van der Waals surface area contributed by atoms with Gasteiger partial charge in [-0.25, -0.2) is 9.18 Å². The standard InChI is InChI=1S/C15H22FNO3/c1-15(2,3)20-14(18)17(4)9-8-11-6-7-12(16)13(10-11)19-5/h6-7,10H,8-9H2,1-5H3. The van der Waals surface area contributed by atoms with Crippen LogP contribution in [0.1, 0.15) is 26.3 Å². The maximum Gasteiger partial charge on any atom is 0.410 e. The zero-order chi connectivity index (χ0) is 15.3. The Balaban J connectivity index is 2.56. The van der Waals surface area contributed by atoms with Crippen molar-refractivity contribution in [1.29, 1.82) is 0 Å². The van der Waals surface area contributed by atoms with Crippen LogP contribution in [0.5, 0.6) is 5.75 Å². The van der Waals surface area contributed by atoms with Crippen molar-refractivity contribution in [3.63, 3.8) is 0 Å². The summed E-state index contributed by atoms with van der Waals surface area (Å²) in [7, 11) is 3.10. The molecule has 0 heterocycles. The zero-order valence-electron chi connectivity index (χ0n) is 12.7. The highest BCUT2D eigenvalue weighted by atomic mass is 19.1. The Hall–Kier alpha value is -1.78. The molecule has 1 amide bonds. The van der Waals surface area contributed by atoms with Crippen molar-refractivity contribution in [2.24, 2.45) is 0 Å². The number of amides is 1. The maximum atomic E-state index is 13.3. The van der Waals surface area contributed by atoms with Gasteiger partial charge in [-0.3, -0.25) is 0 Å². The third-order valence-electron chi connectivity index (χ3n) is 2.66. The first-order chi connectivity index (χ1) is 9.23. The summed E-state index contributed by atoms with van der Waals surface area (Å²) in [4.78, 5) is 13.3. The Morgan fingerprint density at radius 2 is 2.00 bits per heavy atom. The lowest BCUT2D eigenvalue weighted by Gasteiger charge is -2.24. The minimum absolute atomic E-state index is 0.211. The summed E-state index contributed by atoms with van der Waals surface area (Å²) < 4.78 is 23.5. The fourth-order valence-corrected chi connectivity index (χ4v) is 1.59. The summed E-state index contributed by atoms with van der Waals surface area (Å²) in [6.45, 7) is 5.96. The molecule has 1 rings (SSSR count). The summed E-state index contributed by atoms with van der Waals surface area (Å²) in [5.41, 5.74) is 0.392. The number of ether oxygens (including phenoxy) is 2. The molecule has 0 aliphatic heterocycles. The van der Waals surface area contributed by atoms with Gasteiger partial charge in [-0.05, 0) is 44.9 Å². The zero-order valence-corrected chi connectivity index (χ0v) is 12.7. The minimum atomic E-state index is -0.509. The topological polar surface area (TPSA) is 38.8 Å². The van der Waals surface area contributed by atoms with Crippen LogP contribution < -0.4 is 4.74 Å². The van der Waals surface area contributed by atoms with Gasteiger partial charge in [0.2, 0.25) is 0 Å². The van der Waals surface area contributed by atoms with E-state index in [1.807, 2.05) is 20.8 Å². The molecule has 1 aromatic carbocycles. The van der Waals surface area contributed by atoms with Crippen LogP contribution in [-0.2, 0) is 11.2 Å². The monoisotopic (exact) mass is 283 g/mol. The lowest BCUT2D eigenvalue weighted by atomic mass is 10.1. The van der Waals surface area contributed by atoms with Crippen LogP contribution in [0.2, 0.25) is 0 Å². The van der Waals surface area contributed by atoms with E-state index in [2.05, 4.69) is 0 Å². The van der Waals surface area contributed by atoms with Crippen molar-refractivity contribution >= 4 is 6.09 Å². The largest absolute Gasteiger partial charge is 0.494 e. The molecule has 0 fully saturated rings. The highest BCUT2D eigenvalue weighted by molar-refractivity contribution is 5.67. The molecule has 5 heteroatoms. The van der Waals surface area contributed by atoms with E-state index in [4.69, 9.17) is 9.47 Å². The second kappa shape index (κ2) is 6.59. The van der Waals surface area contributed by atoms with Gasteiger partial charge in [-0.2, -0.15) is 0 Å². The number of halogens is 1. The van der Waals surface area contributed by atoms with Gasteiger partial charge in [0.25, 0.3) is 0 Å². The molecule has 0 aliphatic rings. The maximum absolute atomic E-state index is 13.3. The Kier molecular flexibility index (Phi) is 5.36. The van der Waals surface area contributed by atoms with E-state index >= 15 is 0 Å². The van der Waals surface area contributed by atoms with E-state index in [9.17, 15) is 9.18 Å². The van der Waals surface area contributed by atoms with Crippen molar-refractivity contribution in [1.82, 2.24) is 4.90 Å². The van der Waals surface area contributed by atoms with Crippen molar-refractivity contribution < 1.29 is 18.7 Å². The normalized spacial score (nSPS) is 11.1. The van der Waals surface area contributed by atoms with Crippen LogP contribution >= 0.6 is 0 Å². The average Bonchev–Trinajstić information content (AvgIpc) is 2.35. The third-order valence-corrected chi connectivity index (χ3v) is 2.66. The van der Waals surface area contributed by atoms with Gasteiger partial charge in [-0.1, -0.05) is 6.07 Å². The summed E-state index contributed by atoms with van der Waals surface area (Å²) >= 11 is 0. The summed E-state index contributed by atoms with van der Waals surface area (Å²) in [5, 5.41) is 0. The molecule has 0 spiro atoms. The smallest absolute Gasteiger partial charge is 0.410 e. The van der Waals surface area contributed by atoms with Gasteiger partial charge in [0.15, 0.2) is 11.6 Å². The first-order valence-electron chi connectivity index (χ1n) is 6.49. The Labute approximate surface area is 119 Å². The van der Waals surface area contributed by atoms with Crippen molar-refractivity contribution in [3.8, 4) is 5.75 Å². The predicted octanol–water partition coefficient (Wildman–Crippen LogP) is 3.24. The molecule has 0 aliphatic carbocycles. The van der Waals surface area contributed by atoms with Gasteiger partial charge in [-0.15, -0.1) is 0 Å². The number of hydrogen-bond donors (Lipinski definition) is 0. The molecule has 0 unspecified atom stereocenters. The van der Waals surface area contributed by atoms with Gasteiger partial charge >= 0.3 is 6.09 Å². The van der Waals surface area contributed by atoms with E-state index < -0.39 is 11.4 Å². The van der Waals surface area contributed by atoms with E-state index in [0.717, 1.165) is 5.56 Å². The molecule has 0 bridgehead atoms. The number of carbonyl (C=O) groups excluding carboxylic acids is 1. The van der Waals surface area contributed by atoms with E-state index in [0.29, 0.717) is 13.0 Å². The van der Waals surface area contributed by atoms with Crippen LogP contribution in [0.3, 0.4) is 0 Å². The van der Waals surface area contributed by atoms with Crippen molar-refractivity contribution in [3.05, 3.63) is 29.6 Å². The molecule has 0 aromatic heterocycles. The molecule has 20 heavy (non-hydrogen) atoms. The highest BCUT2D eigenvalue weighted by Crippen LogP contribution is 2.18. The van der Waals surface area contributed by atoms with Crippen molar-refractivity contribution in [2.45, 2.75) is 32.8 Å². The molecule has 0 saturated heterocycles. The SMILES string of the molecule is COc1cc(CCN(C)C(=O)OC(C)(C)C)ccc1F. The summed E-state index contributed by atoms with van der Waals surface area (Å²) in [5.74, 6) is -0.181. The van der Waals surface area contributed by atoms with E-state index in [1.165, 1.54) is 18.1 Å². The number of carbonyl (C=O) groups is 1. The van der Waals surface area contributed by atoms with Gasteiger partial charge in [0.05, 0.1) is 7.11 Å². The Morgan fingerprint density at radius 3 is 2.55 bits per heavy atom. The lowest BCUT2D eigenvalue weighted by Crippen LogP contribution is -2.35. The van der Waals surface area contributed by atoms with Crippen LogP contribution in [0, 0.1) is 5.82 Å². The van der Waals surface area contributed by atoms with Crippen LogP contribution in [0.15, 0.2) is 18.2 Å². The number of nitrogens with zero attached hydrogens (tertiary/aromatic N) is 1. The van der Waals surface area contributed by atoms with Crippen LogP contribution in [-0.4, -0.2) is 37.3 Å². The van der Waals surface area contributed by atoms with Gasteiger partial charge in [0, 0.05) is 13.6 Å². The first kappa shape index (κ1) is 16.3. The Morgan fingerprint density at radius 1 is 1.35 bits per heavy atom. The number of rotatable bonds is 4. The summed E-state index contributed by atoms with van der Waals surface area (Å²) in [6.07, 6.45) is 0.235. The molecule has 0 radical (unpaired) electrons. The molecule has 4 nitrogen and oxygen atoms in total. The third kappa shape index (κ3) is 5.07. The first-order valence-corrected chi connectivity index (χ1v) is 6.49. The predicted molar refractivity (Wildman–Crippen MR) is 75.5 cm³/mol. The number of benzene rings is 1. The summed E-state index contributed by atoms with van der Waals surface area (Å²) in [6, 6.07) is 4.68. The fraction of sp³-hybridized carbons (Fsp3) is 0.533. The molecular formula is C15H22FNO3. The van der Waals surface area contributed by atoms with Crippen LogP contribution in [0.4, 0.5) is 9.18 Å². The van der Waals surface area contributed by atoms with E-state index in [1.54, 1.807) is 19.2 Å². The number of likely N-dealkylation sites (N-methyl/N-ethyl adjacent to an activating group) is 1. The molecule has 0 saturated carbocycles. The lowest BCUT2D eigenvalue weighted by molar-refractivity contribution is 0.0301.